The summed E-state index contributed by atoms with van der Waals surface area (Å²) in [5.74, 6) is 0.821. The molecule has 0 bridgehead atoms. The Morgan fingerprint density at radius 3 is 2.31 bits per heavy atom. The van der Waals surface area contributed by atoms with E-state index >= 15 is 0 Å². The second kappa shape index (κ2) is 11.5. The Balaban J connectivity index is 0.00000420. The zero-order valence-electron chi connectivity index (χ0n) is 18.9. The minimum atomic E-state index is 0. The molecule has 0 aliphatic carbocycles. The average molecular weight is 512 g/mol. The first kappa shape index (κ1) is 25.4. The molecule has 0 saturated heterocycles. The highest BCUT2D eigenvalue weighted by molar-refractivity contribution is 14.0. The van der Waals surface area contributed by atoms with Gasteiger partial charge in [-0.3, -0.25) is 9.67 Å². The van der Waals surface area contributed by atoms with E-state index in [0.29, 0.717) is 0 Å². The van der Waals surface area contributed by atoms with E-state index in [4.69, 9.17) is 0 Å². The predicted molar refractivity (Wildman–Crippen MR) is 133 cm³/mol. The lowest BCUT2D eigenvalue weighted by atomic mass is 9.86. The van der Waals surface area contributed by atoms with Gasteiger partial charge in [0.25, 0.3) is 0 Å². The van der Waals surface area contributed by atoms with E-state index < -0.39 is 0 Å². The van der Waals surface area contributed by atoms with Crippen molar-refractivity contribution >= 4 is 29.9 Å². The van der Waals surface area contributed by atoms with Crippen molar-refractivity contribution in [2.45, 2.75) is 38.6 Å². The molecule has 0 fully saturated rings. The van der Waals surface area contributed by atoms with E-state index in [2.05, 4.69) is 91.0 Å². The van der Waals surface area contributed by atoms with Gasteiger partial charge in [0.15, 0.2) is 5.96 Å². The number of hydrogen-bond donors (Lipinski definition) is 2. The average Bonchev–Trinajstić information content (AvgIpc) is 3.05. The number of hydrogen-bond acceptors (Lipinski definition) is 3. The van der Waals surface area contributed by atoms with E-state index in [9.17, 15) is 0 Å². The maximum Gasteiger partial charge on any atom is 0.191 e. The van der Waals surface area contributed by atoms with Crippen LogP contribution in [0.1, 0.15) is 43.5 Å². The molecule has 0 amide bonds. The van der Waals surface area contributed by atoms with Crippen LogP contribution < -0.4 is 10.6 Å². The summed E-state index contributed by atoms with van der Waals surface area (Å²) in [6.07, 6.45) is 4.94. The second-order valence-electron chi connectivity index (χ2n) is 8.50. The van der Waals surface area contributed by atoms with Crippen LogP contribution in [0, 0.1) is 0 Å². The molecule has 1 aromatic heterocycles. The molecule has 2 N–H and O–H groups in total. The van der Waals surface area contributed by atoms with Crippen molar-refractivity contribution in [2.24, 2.45) is 12.0 Å². The number of rotatable bonds is 7. The Morgan fingerprint density at radius 1 is 1.17 bits per heavy atom. The standard InChI is InChI=1S/C22H36N6.HI/c1-22(2,3)19-10-8-17(9-11-19)12-13-24-21(23-4)25-15-20(27(5)6)18-14-26-28(7)16-18;/h8-11,14,16,20H,12-13,15H2,1-7H3,(H2,23,24,25);1H. The minimum Gasteiger partial charge on any atom is -0.356 e. The molecule has 1 unspecified atom stereocenters. The third-order valence-corrected chi connectivity index (χ3v) is 4.95. The molecule has 29 heavy (non-hydrogen) atoms. The molecule has 7 heteroatoms. The summed E-state index contributed by atoms with van der Waals surface area (Å²) >= 11 is 0. The first-order valence-corrected chi connectivity index (χ1v) is 9.89. The Hall–Kier alpha value is -1.61. The Morgan fingerprint density at radius 2 is 1.83 bits per heavy atom. The molecule has 0 spiro atoms. The van der Waals surface area contributed by atoms with Gasteiger partial charge in [0.2, 0.25) is 0 Å². The van der Waals surface area contributed by atoms with Crippen LogP contribution in [0.5, 0.6) is 0 Å². The van der Waals surface area contributed by atoms with E-state index in [1.165, 1.54) is 16.7 Å². The van der Waals surface area contributed by atoms with Gasteiger partial charge in [-0.15, -0.1) is 24.0 Å². The highest BCUT2D eigenvalue weighted by Crippen LogP contribution is 2.22. The van der Waals surface area contributed by atoms with Crippen LogP contribution in [0.4, 0.5) is 0 Å². The number of nitrogens with one attached hydrogen (secondary N) is 2. The summed E-state index contributed by atoms with van der Waals surface area (Å²) in [6.45, 7) is 8.33. The van der Waals surface area contributed by atoms with Gasteiger partial charge < -0.3 is 15.5 Å². The number of nitrogens with zero attached hydrogens (tertiary/aromatic N) is 4. The molecule has 1 aromatic carbocycles. The summed E-state index contributed by atoms with van der Waals surface area (Å²) in [5.41, 5.74) is 4.08. The lowest BCUT2D eigenvalue weighted by Crippen LogP contribution is -2.42. The van der Waals surface area contributed by atoms with Gasteiger partial charge >= 0.3 is 0 Å². The van der Waals surface area contributed by atoms with Gasteiger partial charge in [-0.05, 0) is 37.1 Å². The first-order chi connectivity index (χ1) is 13.2. The first-order valence-electron chi connectivity index (χ1n) is 9.89. The number of halogens is 1. The Labute approximate surface area is 193 Å². The van der Waals surface area contributed by atoms with Crippen molar-refractivity contribution in [3.8, 4) is 0 Å². The largest absolute Gasteiger partial charge is 0.356 e. The van der Waals surface area contributed by atoms with Crippen molar-refractivity contribution in [3.63, 3.8) is 0 Å². The number of guanidine groups is 1. The maximum atomic E-state index is 4.35. The highest BCUT2D eigenvalue weighted by Gasteiger charge is 2.16. The topological polar surface area (TPSA) is 57.5 Å². The highest BCUT2D eigenvalue weighted by atomic mass is 127. The predicted octanol–water partition coefficient (Wildman–Crippen LogP) is 3.35. The molecule has 1 atom stereocenters. The molecule has 0 saturated carbocycles. The Bertz CT molecular complexity index is 758. The fourth-order valence-electron chi connectivity index (χ4n) is 3.12. The second-order valence-corrected chi connectivity index (χ2v) is 8.50. The maximum absolute atomic E-state index is 4.35. The fourth-order valence-corrected chi connectivity index (χ4v) is 3.12. The summed E-state index contributed by atoms with van der Waals surface area (Å²) in [6, 6.07) is 9.15. The third-order valence-electron chi connectivity index (χ3n) is 4.95. The van der Waals surface area contributed by atoms with Crippen molar-refractivity contribution in [1.82, 2.24) is 25.3 Å². The van der Waals surface area contributed by atoms with Crippen molar-refractivity contribution in [2.75, 3.05) is 34.2 Å². The van der Waals surface area contributed by atoms with Gasteiger partial charge in [0.05, 0.1) is 12.2 Å². The smallest absolute Gasteiger partial charge is 0.191 e. The lowest BCUT2D eigenvalue weighted by Gasteiger charge is -2.24. The molecule has 1 heterocycles. The van der Waals surface area contributed by atoms with Crippen LogP contribution in [-0.2, 0) is 18.9 Å². The molecule has 0 radical (unpaired) electrons. The fraction of sp³-hybridized carbons (Fsp3) is 0.545. The van der Waals surface area contributed by atoms with Gasteiger partial charge in [-0.25, -0.2) is 0 Å². The quantitative estimate of drug-likeness (QED) is 0.340. The molecule has 6 nitrogen and oxygen atoms in total. The van der Waals surface area contributed by atoms with Gasteiger partial charge in [0.1, 0.15) is 0 Å². The molecule has 2 rings (SSSR count). The number of likely N-dealkylation sites (N-methyl/N-ethyl adjacent to an activating group) is 1. The van der Waals surface area contributed by atoms with Gasteiger partial charge in [0, 0.05) is 38.9 Å². The number of aromatic nitrogens is 2. The monoisotopic (exact) mass is 512 g/mol. The van der Waals surface area contributed by atoms with Crippen molar-refractivity contribution in [1.29, 1.82) is 0 Å². The molecule has 0 aliphatic rings. The Kier molecular flexibility index (Phi) is 10.1. The third kappa shape index (κ3) is 7.97. The zero-order chi connectivity index (χ0) is 20.7. The van der Waals surface area contributed by atoms with E-state index in [-0.39, 0.29) is 35.4 Å². The van der Waals surface area contributed by atoms with Crippen molar-refractivity contribution in [3.05, 3.63) is 53.3 Å². The minimum absolute atomic E-state index is 0. The van der Waals surface area contributed by atoms with Crippen LogP contribution in [0.15, 0.2) is 41.7 Å². The van der Waals surface area contributed by atoms with Gasteiger partial charge in [-0.2, -0.15) is 5.10 Å². The van der Waals surface area contributed by atoms with Crippen LogP contribution in [0.25, 0.3) is 0 Å². The molecule has 162 valence electrons. The summed E-state index contributed by atoms with van der Waals surface area (Å²) in [7, 11) is 7.91. The number of aryl methyl sites for hydroxylation is 1. The lowest BCUT2D eigenvalue weighted by molar-refractivity contribution is 0.298. The normalized spacial score (nSPS) is 13.2. The van der Waals surface area contributed by atoms with E-state index in [0.717, 1.165) is 25.5 Å². The number of benzene rings is 1. The molecule has 2 aromatic rings. The molecule has 0 aliphatic heterocycles. The SMILES string of the molecule is CN=C(NCCc1ccc(C(C)(C)C)cc1)NCC(c1cnn(C)c1)N(C)C.I. The van der Waals surface area contributed by atoms with E-state index in [1.807, 2.05) is 25.0 Å². The zero-order valence-corrected chi connectivity index (χ0v) is 21.2. The summed E-state index contributed by atoms with van der Waals surface area (Å²) in [5, 5.41) is 11.1. The van der Waals surface area contributed by atoms with Crippen LogP contribution in [-0.4, -0.2) is 54.9 Å². The van der Waals surface area contributed by atoms with Crippen molar-refractivity contribution < 1.29 is 0 Å². The van der Waals surface area contributed by atoms with E-state index in [1.54, 1.807) is 0 Å². The summed E-state index contributed by atoms with van der Waals surface area (Å²) in [4.78, 5) is 6.54. The molecular formula is C22H37IN6. The van der Waals surface area contributed by atoms with Crippen LogP contribution >= 0.6 is 24.0 Å². The van der Waals surface area contributed by atoms with Crippen LogP contribution in [0.3, 0.4) is 0 Å². The molecular weight excluding hydrogens is 475 g/mol. The van der Waals surface area contributed by atoms with Gasteiger partial charge in [-0.1, -0.05) is 45.0 Å². The number of aliphatic imine (C=N–C) groups is 1. The van der Waals surface area contributed by atoms with Crippen LogP contribution in [0.2, 0.25) is 0 Å². The summed E-state index contributed by atoms with van der Waals surface area (Å²) < 4.78 is 1.84.